The van der Waals surface area contributed by atoms with Gasteiger partial charge in [-0.3, -0.25) is 0 Å². The Kier molecular flexibility index (Phi) is 3.42. The molecular formula is C11H21NO2. The first-order valence-electron chi connectivity index (χ1n) is 5.69. The van der Waals surface area contributed by atoms with Crippen molar-refractivity contribution in [3.8, 4) is 0 Å². The second-order valence-corrected chi connectivity index (χ2v) is 4.90. The van der Waals surface area contributed by atoms with Crippen molar-refractivity contribution in [2.75, 3.05) is 26.5 Å². The minimum atomic E-state index is 0.368. The van der Waals surface area contributed by atoms with Gasteiger partial charge in [0.05, 0.1) is 12.7 Å². The highest BCUT2D eigenvalue weighted by molar-refractivity contribution is 4.85. The van der Waals surface area contributed by atoms with Gasteiger partial charge in [-0.15, -0.1) is 0 Å². The van der Waals surface area contributed by atoms with Crippen LogP contribution in [-0.2, 0) is 9.47 Å². The monoisotopic (exact) mass is 199 g/mol. The fraction of sp³-hybridized carbons (Fsp3) is 1.00. The Morgan fingerprint density at radius 1 is 1.43 bits per heavy atom. The van der Waals surface area contributed by atoms with E-state index in [0.717, 1.165) is 26.1 Å². The summed E-state index contributed by atoms with van der Waals surface area (Å²) in [6, 6.07) is 0. The standard InChI is InChI=1S/C11H21NO2/c1-11(4-2-5-11)8-12-7-10-3-6-13-9-14-10/h10,12H,2-9H2,1H3. The maximum Gasteiger partial charge on any atom is 0.147 e. The second kappa shape index (κ2) is 4.60. The van der Waals surface area contributed by atoms with Crippen LogP contribution in [-0.4, -0.2) is 32.6 Å². The summed E-state index contributed by atoms with van der Waals surface area (Å²) < 4.78 is 10.6. The van der Waals surface area contributed by atoms with E-state index in [0.29, 0.717) is 18.3 Å². The van der Waals surface area contributed by atoms with E-state index in [1.54, 1.807) is 0 Å². The molecule has 1 N–H and O–H groups in total. The Bertz CT molecular complexity index is 174. The van der Waals surface area contributed by atoms with Crippen LogP contribution in [0.1, 0.15) is 32.6 Å². The van der Waals surface area contributed by atoms with Crippen molar-refractivity contribution >= 4 is 0 Å². The summed E-state index contributed by atoms with van der Waals surface area (Å²) >= 11 is 0. The van der Waals surface area contributed by atoms with E-state index in [1.165, 1.54) is 19.3 Å². The Hall–Kier alpha value is -0.120. The van der Waals surface area contributed by atoms with E-state index >= 15 is 0 Å². The molecule has 14 heavy (non-hydrogen) atoms. The van der Waals surface area contributed by atoms with Gasteiger partial charge in [0.1, 0.15) is 6.79 Å². The SMILES string of the molecule is CC1(CNCC2CCOCO2)CCC1. The fourth-order valence-electron chi connectivity index (χ4n) is 2.15. The summed E-state index contributed by atoms with van der Waals surface area (Å²) in [5.74, 6) is 0. The van der Waals surface area contributed by atoms with Crippen LogP contribution >= 0.6 is 0 Å². The van der Waals surface area contributed by atoms with Crippen LogP contribution in [0.25, 0.3) is 0 Å². The molecule has 0 spiro atoms. The molecule has 2 rings (SSSR count). The van der Waals surface area contributed by atoms with Crippen LogP contribution in [0.4, 0.5) is 0 Å². The molecule has 1 heterocycles. The molecule has 3 heteroatoms. The molecule has 0 radical (unpaired) electrons. The average Bonchev–Trinajstić information content (AvgIpc) is 2.17. The Labute approximate surface area is 86.2 Å². The molecule has 1 atom stereocenters. The molecule has 3 nitrogen and oxygen atoms in total. The van der Waals surface area contributed by atoms with Crippen LogP contribution in [0.2, 0.25) is 0 Å². The predicted octanol–water partition coefficient (Wildman–Crippen LogP) is 1.53. The Morgan fingerprint density at radius 2 is 2.29 bits per heavy atom. The molecule has 0 aromatic carbocycles. The first kappa shape index (κ1) is 10.4. The van der Waals surface area contributed by atoms with Gasteiger partial charge in [0.15, 0.2) is 0 Å². The van der Waals surface area contributed by atoms with E-state index in [1.807, 2.05) is 0 Å². The summed E-state index contributed by atoms with van der Waals surface area (Å²) in [5, 5.41) is 3.52. The zero-order chi connectivity index (χ0) is 9.86. The normalized spacial score (nSPS) is 31.1. The third kappa shape index (κ3) is 2.69. The van der Waals surface area contributed by atoms with Crippen LogP contribution in [0, 0.1) is 5.41 Å². The number of hydrogen-bond acceptors (Lipinski definition) is 3. The highest BCUT2D eigenvalue weighted by atomic mass is 16.7. The number of nitrogens with one attached hydrogen (secondary N) is 1. The minimum Gasteiger partial charge on any atom is -0.355 e. The van der Waals surface area contributed by atoms with Crippen LogP contribution in [0.5, 0.6) is 0 Å². The maximum atomic E-state index is 5.46. The molecule has 1 aliphatic heterocycles. The maximum absolute atomic E-state index is 5.46. The third-order valence-electron chi connectivity index (χ3n) is 3.46. The lowest BCUT2D eigenvalue weighted by Gasteiger charge is -2.39. The van der Waals surface area contributed by atoms with Gasteiger partial charge < -0.3 is 14.8 Å². The molecular weight excluding hydrogens is 178 g/mol. The molecule has 1 saturated heterocycles. The van der Waals surface area contributed by atoms with Gasteiger partial charge in [-0.25, -0.2) is 0 Å². The van der Waals surface area contributed by atoms with Crippen molar-refractivity contribution in [3.63, 3.8) is 0 Å². The van der Waals surface area contributed by atoms with Crippen LogP contribution < -0.4 is 5.32 Å². The van der Waals surface area contributed by atoms with Gasteiger partial charge in [0, 0.05) is 13.1 Å². The average molecular weight is 199 g/mol. The summed E-state index contributed by atoms with van der Waals surface area (Å²) in [6.07, 6.45) is 5.58. The zero-order valence-electron chi connectivity index (χ0n) is 9.05. The van der Waals surface area contributed by atoms with E-state index < -0.39 is 0 Å². The number of ether oxygens (including phenoxy) is 2. The zero-order valence-corrected chi connectivity index (χ0v) is 9.05. The molecule has 0 amide bonds. The summed E-state index contributed by atoms with van der Waals surface area (Å²) in [7, 11) is 0. The van der Waals surface area contributed by atoms with Gasteiger partial charge in [0.25, 0.3) is 0 Å². The van der Waals surface area contributed by atoms with Gasteiger partial charge in [0.2, 0.25) is 0 Å². The van der Waals surface area contributed by atoms with E-state index in [2.05, 4.69) is 12.2 Å². The molecule has 0 bridgehead atoms. The van der Waals surface area contributed by atoms with E-state index in [-0.39, 0.29) is 0 Å². The smallest absolute Gasteiger partial charge is 0.147 e. The number of hydrogen-bond donors (Lipinski definition) is 1. The predicted molar refractivity (Wildman–Crippen MR) is 55.1 cm³/mol. The van der Waals surface area contributed by atoms with Crippen molar-refractivity contribution < 1.29 is 9.47 Å². The lowest BCUT2D eigenvalue weighted by Crippen LogP contribution is -2.41. The van der Waals surface area contributed by atoms with E-state index in [4.69, 9.17) is 9.47 Å². The Morgan fingerprint density at radius 3 is 2.86 bits per heavy atom. The Balaban J connectivity index is 1.57. The molecule has 2 fully saturated rings. The largest absolute Gasteiger partial charge is 0.355 e. The molecule has 0 aromatic rings. The third-order valence-corrected chi connectivity index (χ3v) is 3.46. The highest BCUT2D eigenvalue weighted by Crippen LogP contribution is 2.39. The van der Waals surface area contributed by atoms with Crippen molar-refractivity contribution in [1.29, 1.82) is 0 Å². The quantitative estimate of drug-likeness (QED) is 0.745. The lowest BCUT2D eigenvalue weighted by molar-refractivity contribution is -0.137. The van der Waals surface area contributed by atoms with Crippen molar-refractivity contribution in [3.05, 3.63) is 0 Å². The van der Waals surface area contributed by atoms with Gasteiger partial charge in [-0.05, 0) is 24.7 Å². The van der Waals surface area contributed by atoms with E-state index in [9.17, 15) is 0 Å². The summed E-state index contributed by atoms with van der Waals surface area (Å²) in [5.41, 5.74) is 0.575. The molecule has 0 aromatic heterocycles. The molecule has 1 aliphatic carbocycles. The van der Waals surface area contributed by atoms with Crippen molar-refractivity contribution in [2.45, 2.75) is 38.7 Å². The summed E-state index contributed by atoms with van der Waals surface area (Å²) in [4.78, 5) is 0. The van der Waals surface area contributed by atoms with Gasteiger partial charge in [-0.2, -0.15) is 0 Å². The molecule has 1 saturated carbocycles. The fourth-order valence-corrected chi connectivity index (χ4v) is 2.15. The lowest BCUT2D eigenvalue weighted by atomic mass is 9.70. The summed E-state index contributed by atoms with van der Waals surface area (Å²) in [6.45, 7) is 5.83. The first-order chi connectivity index (χ1) is 6.79. The topological polar surface area (TPSA) is 30.5 Å². The van der Waals surface area contributed by atoms with Crippen LogP contribution in [0.15, 0.2) is 0 Å². The highest BCUT2D eigenvalue weighted by Gasteiger charge is 2.31. The van der Waals surface area contributed by atoms with Crippen molar-refractivity contribution in [1.82, 2.24) is 5.32 Å². The minimum absolute atomic E-state index is 0.368. The van der Waals surface area contributed by atoms with Crippen LogP contribution in [0.3, 0.4) is 0 Å². The second-order valence-electron chi connectivity index (χ2n) is 4.90. The van der Waals surface area contributed by atoms with Gasteiger partial charge in [-0.1, -0.05) is 13.3 Å². The first-order valence-corrected chi connectivity index (χ1v) is 5.69. The number of rotatable bonds is 4. The molecule has 2 aliphatic rings. The van der Waals surface area contributed by atoms with Crippen molar-refractivity contribution in [2.24, 2.45) is 5.41 Å². The molecule has 1 unspecified atom stereocenters. The van der Waals surface area contributed by atoms with Gasteiger partial charge >= 0.3 is 0 Å². The molecule has 82 valence electrons.